The molecular formula is C42H69N11O18. The number of aromatic hydroxyl groups is 1. The SMILES string of the molecule is N=C(N)NCCCC(N)C(=O)O.NC(=O)CC(N)C(=O)O.NC(CC(=O)O)C(=O)O.NC(Cc1ccc(O)cc1)C(=O)O.NC(Cc1ccccc1)C(=O)O.O=C(O)[C@@H]1CCCN1.O=C(O)[C@@H]1CCCN1. The van der Waals surface area contributed by atoms with E-state index in [-0.39, 0.29) is 36.6 Å². The number of rotatable bonds is 19. The molecule has 2 heterocycles. The number of phenolic OH excluding ortho intramolecular Hbond substituents is 1. The molecule has 27 N–H and O–H groups in total. The van der Waals surface area contributed by atoms with Gasteiger partial charge in [0.05, 0.1) is 12.8 Å². The number of benzene rings is 2. The first-order chi connectivity index (χ1) is 33.0. The molecule has 0 bridgehead atoms. The second kappa shape index (κ2) is 39.3. The van der Waals surface area contributed by atoms with Crippen LogP contribution in [0.4, 0.5) is 0 Å². The number of carbonyl (C=O) groups is 9. The molecule has 2 fully saturated rings. The number of guanidine groups is 1. The molecule has 2 aromatic carbocycles. The lowest BCUT2D eigenvalue weighted by Crippen LogP contribution is -2.34. The minimum Gasteiger partial charge on any atom is -0.508 e. The average molecular weight is 1020 g/mol. The van der Waals surface area contributed by atoms with Gasteiger partial charge in [0.2, 0.25) is 5.91 Å². The lowest BCUT2D eigenvalue weighted by molar-refractivity contribution is -0.144. The van der Waals surface area contributed by atoms with Crippen LogP contribution in [0.25, 0.3) is 0 Å². The molecule has 2 aliphatic rings. The molecule has 71 heavy (non-hydrogen) atoms. The Morgan fingerprint density at radius 1 is 0.563 bits per heavy atom. The number of primary amides is 1. The molecule has 2 aliphatic heterocycles. The van der Waals surface area contributed by atoms with Gasteiger partial charge in [-0.1, -0.05) is 42.5 Å². The highest BCUT2D eigenvalue weighted by atomic mass is 16.4. The van der Waals surface area contributed by atoms with E-state index in [1.54, 1.807) is 12.1 Å². The summed E-state index contributed by atoms with van der Waals surface area (Å²) in [5.74, 6) is -8.79. The van der Waals surface area contributed by atoms with E-state index in [4.69, 9.17) is 85.8 Å². The number of aliphatic carboxylic acids is 8. The van der Waals surface area contributed by atoms with Crippen LogP contribution in [0.2, 0.25) is 0 Å². The fourth-order valence-corrected chi connectivity index (χ4v) is 4.97. The number of carbonyl (C=O) groups excluding carboxylic acids is 1. The minimum absolute atomic E-state index is 0.112. The highest BCUT2D eigenvalue weighted by Crippen LogP contribution is 2.11. The predicted molar refractivity (Wildman–Crippen MR) is 253 cm³/mol. The summed E-state index contributed by atoms with van der Waals surface area (Å²) < 4.78 is 0. The summed E-state index contributed by atoms with van der Waals surface area (Å²) in [4.78, 5) is 90.8. The molecule has 7 atom stereocenters. The molecule has 29 nitrogen and oxygen atoms in total. The Bertz CT molecular complexity index is 1880. The van der Waals surface area contributed by atoms with Crippen LogP contribution in [0.5, 0.6) is 5.75 Å². The van der Waals surface area contributed by atoms with Crippen LogP contribution >= 0.6 is 0 Å². The molecule has 0 aromatic heterocycles. The van der Waals surface area contributed by atoms with Gasteiger partial charge in [0.25, 0.3) is 0 Å². The fraction of sp³-hybridized carbons (Fsp3) is 0.476. The standard InChI is InChI=1S/C9H11NO3.C9H11NO2.C6H14N4O2.2C5H9NO2.C4H8N2O3.C4H7NO4/c10-8(9(12)13)5-6-1-3-7(11)4-2-6;10-8(9(11)12)6-7-4-2-1-3-5-7;7-4(5(11)12)2-1-3-10-6(8)9;2*7-5(8)4-2-1-3-6-4;2*5-2(4(8)9)1-3(6)7/h1-4,8,11H,5,10H2,(H,12,13);1-5,8H,6,10H2,(H,11,12);4H,1-3,7H2,(H,11,12)(H4,8,9,10);2*4,6H,1-3H2,(H,7,8);2H,1,5H2,(H2,6,7)(H,8,9);2H,1,5H2,(H,6,7)(H,8,9)/t;;;2*4-;;/m...00../s1. The van der Waals surface area contributed by atoms with Crippen molar-refractivity contribution in [1.82, 2.24) is 16.0 Å². The van der Waals surface area contributed by atoms with Gasteiger partial charge in [0.15, 0.2) is 5.96 Å². The van der Waals surface area contributed by atoms with Gasteiger partial charge >= 0.3 is 47.8 Å². The molecule has 2 saturated heterocycles. The molecule has 0 radical (unpaired) electrons. The zero-order valence-corrected chi connectivity index (χ0v) is 38.7. The van der Waals surface area contributed by atoms with Crippen molar-refractivity contribution in [3.63, 3.8) is 0 Å². The third-order valence-electron chi connectivity index (χ3n) is 8.82. The smallest absolute Gasteiger partial charge is 0.321 e. The highest BCUT2D eigenvalue weighted by Gasteiger charge is 2.21. The summed E-state index contributed by atoms with van der Waals surface area (Å²) in [6.07, 6.45) is 4.36. The molecule has 0 aliphatic carbocycles. The van der Waals surface area contributed by atoms with Crippen molar-refractivity contribution >= 4 is 59.6 Å². The molecule has 0 spiro atoms. The number of nitrogens with one attached hydrogen (secondary N) is 4. The zero-order chi connectivity index (χ0) is 55.2. The van der Waals surface area contributed by atoms with Gasteiger partial charge in [0.1, 0.15) is 48.0 Å². The second-order valence-corrected chi connectivity index (χ2v) is 15.0. The summed E-state index contributed by atoms with van der Waals surface area (Å²) >= 11 is 0. The lowest BCUT2D eigenvalue weighted by Gasteiger charge is -2.06. The normalized spacial score (nSPS) is 16.0. The Labute approximate surface area is 407 Å². The third kappa shape index (κ3) is 40.1. The van der Waals surface area contributed by atoms with E-state index >= 15 is 0 Å². The summed E-state index contributed by atoms with van der Waals surface area (Å²) in [7, 11) is 0. The Balaban J connectivity index is -0.000000766. The van der Waals surface area contributed by atoms with Crippen molar-refractivity contribution in [3.8, 4) is 5.75 Å². The van der Waals surface area contributed by atoms with Gasteiger partial charge < -0.3 is 102 Å². The molecule has 1 amide bonds. The highest BCUT2D eigenvalue weighted by molar-refractivity contribution is 5.83. The van der Waals surface area contributed by atoms with Crippen molar-refractivity contribution in [2.45, 2.75) is 107 Å². The Kier molecular flexibility index (Phi) is 37.5. The summed E-state index contributed by atoms with van der Waals surface area (Å²) in [5.41, 5.74) is 37.0. The van der Waals surface area contributed by atoms with Crippen LogP contribution in [0.3, 0.4) is 0 Å². The van der Waals surface area contributed by atoms with Gasteiger partial charge in [-0.2, -0.15) is 0 Å². The van der Waals surface area contributed by atoms with Crippen LogP contribution in [-0.4, -0.2) is 168 Å². The Morgan fingerprint density at radius 2 is 0.944 bits per heavy atom. The van der Waals surface area contributed by atoms with Crippen molar-refractivity contribution in [2.24, 2.45) is 40.1 Å². The van der Waals surface area contributed by atoms with Gasteiger partial charge in [-0.05, 0) is 87.7 Å². The van der Waals surface area contributed by atoms with Crippen LogP contribution in [0.1, 0.15) is 62.5 Å². The van der Waals surface area contributed by atoms with Crippen LogP contribution in [0.15, 0.2) is 54.6 Å². The van der Waals surface area contributed by atoms with Crippen molar-refractivity contribution in [2.75, 3.05) is 19.6 Å². The maximum absolute atomic E-state index is 10.4. The predicted octanol–water partition coefficient (Wildman–Crippen LogP) is -3.56. The second-order valence-electron chi connectivity index (χ2n) is 15.0. The van der Waals surface area contributed by atoms with E-state index in [9.17, 15) is 43.2 Å². The lowest BCUT2D eigenvalue weighted by atomic mass is 10.1. The number of amides is 1. The first-order valence-corrected chi connectivity index (χ1v) is 21.3. The first kappa shape index (κ1) is 67.7. The van der Waals surface area contributed by atoms with Crippen LogP contribution in [0, 0.1) is 5.41 Å². The number of hydrogen-bond donors (Lipinski definition) is 20. The van der Waals surface area contributed by atoms with Gasteiger partial charge in [0, 0.05) is 6.54 Å². The van der Waals surface area contributed by atoms with E-state index in [0.717, 1.165) is 49.9 Å². The maximum atomic E-state index is 10.4. The van der Waals surface area contributed by atoms with Crippen LogP contribution < -0.4 is 56.1 Å². The van der Waals surface area contributed by atoms with Gasteiger partial charge in [-0.15, -0.1) is 0 Å². The van der Waals surface area contributed by atoms with E-state index in [2.05, 4.69) is 21.7 Å². The Hall–Kier alpha value is -7.54. The van der Waals surface area contributed by atoms with Gasteiger partial charge in [-0.3, -0.25) is 48.6 Å². The largest absolute Gasteiger partial charge is 0.508 e. The molecule has 5 unspecified atom stereocenters. The van der Waals surface area contributed by atoms with E-state index in [1.807, 2.05) is 30.3 Å². The molecule has 2 aromatic rings. The summed E-state index contributed by atoms with van der Waals surface area (Å²) in [6.45, 7) is 2.20. The fourth-order valence-electron chi connectivity index (χ4n) is 4.97. The first-order valence-electron chi connectivity index (χ1n) is 21.3. The minimum atomic E-state index is -1.29. The van der Waals surface area contributed by atoms with E-state index in [1.165, 1.54) is 12.1 Å². The monoisotopic (exact) mass is 1020 g/mol. The molecular weight excluding hydrogens is 947 g/mol. The number of phenols is 1. The molecule has 0 saturated carbocycles. The van der Waals surface area contributed by atoms with Crippen molar-refractivity contribution in [1.29, 1.82) is 5.41 Å². The van der Waals surface area contributed by atoms with Gasteiger partial charge in [-0.25, -0.2) is 0 Å². The summed E-state index contributed by atoms with van der Waals surface area (Å²) in [6, 6.07) is 10.2. The van der Waals surface area contributed by atoms with Crippen molar-refractivity contribution < 1.29 is 89.1 Å². The number of hydrogen-bond acceptors (Lipinski definition) is 18. The number of nitrogens with two attached hydrogens (primary N) is 7. The maximum Gasteiger partial charge on any atom is 0.321 e. The summed E-state index contributed by atoms with van der Waals surface area (Å²) in [5, 5.41) is 90.3. The third-order valence-corrected chi connectivity index (χ3v) is 8.82. The molecule has 4 rings (SSSR count). The average Bonchev–Trinajstić information content (AvgIpc) is 4.04. The van der Waals surface area contributed by atoms with E-state index < -0.39 is 90.3 Å². The van der Waals surface area contributed by atoms with Crippen LogP contribution in [-0.2, 0) is 56.0 Å². The number of carboxylic acids is 8. The molecule has 400 valence electrons. The zero-order valence-electron chi connectivity index (χ0n) is 38.7. The topological polar surface area (TPSA) is 578 Å². The Morgan fingerprint density at radius 3 is 1.21 bits per heavy atom. The molecule has 29 heteroatoms. The number of carboxylic acid groups (broad SMARTS) is 8. The van der Waals surface area contributed by atoms with E-state index in [0.29, 0.717) is 25.8 Å². The van der Waals surface area contributed by atoms with Crippen molar-refractivity contribution in [3.05, 3.63) is 65.7 Å². The quantitative estimate of drug-likeness (QED) is 0.0368.